The van der Waals surface area contributed by atoms with Crippen LogP contribution in [0.15, 0.2) is 0 Å². The van der Waals surface area contributed by atoms with Gasteiger partial charge in [-0.15, -0.1) is 0 Å². The molecule has 0 aromatic carbocycles. The van der Waals surface area contributed by atoms with E-state index in [0.717, 1.165) is 0 Å². The maximum atomic E-state index is 8.75. The van der Waals surface area contributed by atoms with Crippen molar-refractivity contribution in [1.82, 2.24) is 0 Å². The van der Waals surface area contributed by atoms with Crippen molar-refractivity contribution in [2.45, 2.75) is 25.7 Å². The van der Waals surface area contributed by atoms with Crippen LogP contribution in [0.4, 0.5) is 0 Å². The van der Waals surface area contributed by atoms with Crippen LogP contribution in [0.1, 0.15) is 13.3 Å². The van der Waals surface area contributed by atoms with Crippen LogP contribution < -0.4 is 0 Å². The van der Waals surface area contributed by atoms with E-state index in [2.05, 4.69) is 4.74 Å². The van der Waals surface area contributed by atoms with Crippen LogP contribution in [-0.4, -0.2) is 29.7 Å². The summed E-state index contributed by atoms with van der Waals surface area (Å²) in [5, 5.41) is 17.4. The molecule has 2 unspecified atom stereocenters. The van der Waals surface area contributed by atoms with Gasteiger partial charge in [0.25, 0.3) is 0 Å². The molecule has 0 aromatic heterocycles. The first-order chi connectivity index (χ1) is 3.72. The molecule has 0 amide bonds. The molecule has 3 nitrogen and oxygen atoms in total. The summed E-state index contributed by atoms with van der Waals surface area (Å²) in [5.41, 5.74) is 0. The predicted octanol–water partition coefficient (Wildman–Crippen LogP) is -0.278. The first kappa shape index (κ1) is 7.88. The molecule has 0 aliphatic heterocycles. The van der Waals surface area contributed by atoms with Crippen molar-refractivity contribution in [3.05, 3.63) is 0 Å². The summed E-state index contributed by atoms with van der Waals surface area (Å²) in [4.78, 5) is 0. The molecule has 0 bridgehead atoms. The van der Waals surface area contributed by atoms with Crippen molar-refractivity contribution >= 4 is 0 Å². The summed E-state index contributed by atoms with van der Waals surface area (Å²) in [6.45, 7) is 1.77. The first-order valence-corrected chi connectivity index (χ1v) is 2.61. The number of hydrogen-bond donors (Lipinski definition) is 2. The van der Waals surface area contributed by atoms with Gasteiger partial charge < -0.3 is 14.9 Å². The minimum atomic E-state index is -1.03. The second kappa shape index (κ2) is 3.83. The van der Waals surface area contributed by atoms with E-state index in [1.165, 1.54) is 7.11 Å². The van der Waals surface area contributed by atoms with Crippen molar-refractivity contribution in [3.8, 4) is 0 Å². The minimum absolute atomic E-state index is 0.509. The largest absolute Gasteiger partial charge is 0.388 e. The lowest BCUT2D eigenvalue weighted by Gasteiger charge is -2.12. The molecule has 0 saturated carbocycles. The van der Waals surface area contributed by atoms with Gasteiger partial charge in [0.15, 0.2) is 6.29 Å². The average Bonchev–Trinajstić information content (AvgIpc) is 1.84. The summed E-state index contributed by atoms with van der Waals surface area (Å²) in [6.07, 6.45) is -1.27. The van der Waals surface area contributed by atoms with Gasteiger partial charge in [-0.3, -0.25) is 0 Å². The van der Waals surface area contributed by atoms with Crippen LogP contribution in [0.5, 0.6) is 0 Å². The van der Waals surface area contributed by atoms with Crippen LogP contribution >= 0.6 is 0 Å². The van der Waals surface area contributed by atoms with Crippen molar-refractivity contribution in [2.24, 2.45) is 0 Å². The molecule has 0 heterocycles. The van der Waals surface area contributed by atoms with Crippen LogP contribution in [-0.2, 0) is 4.74 Å². The monoisotopic (exact) mass is 120 g/mol. The third-order valence-electron chi connectivity index (χ3n) is 0.989. The highest BCUT2D eigenvalue weighted by Crippen LogP contribution is 1.96. The second-order valence-corrected chi connectivity index (χ2v) is 1.60. The molecule has 2 N–H and O–H groups in total. The van der Waals surface area contributed by atoms with Gasteiger partial charge >= 0.3 is 0 Å². The lowest BCUT2D eigenvalue weighted by molar-refractivity contribution is -0.144. The van der Waals surface area contributed by atoms with Crippen molar-refractivity contribution in [2.75, 3.05) is 7.11 Å². The molecule has 0 rings (SSSR count). The number of aliphatic hydroxyl groups is 2. The Labute approximate surface area is 48.9 Å². The summed E-state index contributed by atoms with van der Waals surface area (Å²) < 4.78 is 4.41. The van der Waals surface area contributed by atoms with Gasteiger partial charge in [-0.2, -0.15) is 0 Å². The zero-order valence-corrected chi connectivity index (χ0v) is 5.16. The highest BCUT2D eigenvalue weighted by Gasteiger charge is 2.10. The Morgan fingerprint density at radius 3 is 2.12 bits per heavy atom. The van der Waals surface area contributed by atoms with Crippen molar-refractivity contribution in [3.63, 3.8) is 0 Å². The highest BCUT2D eigenvalue weighted by atomic mass is 16.6. The third-order valence-corrected chi connectivity index (χ3v) is 0.989. The van der Waals surface area contributed by atoms with E-state index in [4.69, 9.17) is 10.2 Å². The molecule has 0 saturated heterocycles. The van der Waals surface area contributed by atoms with Crippen molar-refractivity contribution < 1.29 is 14.9 Å². The van der Waals surface area contributed by atoms with E-state index >= 15 is 0 Å². The summed E-state index contributed by atoms with van der Waals surface area (Å²) in [5.74, 6) is 0. The quantitative estimate of drug-likeness (QED) is 0.504. The van der Waals surface area contributed by atoms with Gasteiger partial charge in [0, 0.05) is 7.11 Å². The number of aliphatic hydroxyl groups excluding tert-OH is 2. The van der Waals surface area contributed by atoms with Gasteiger partial charge in [-0.05, 0) is 6.42 Å². The topological polar surface area (TPSA) is 49.7 Å². The molecule has 0 spiro atoms. The molecule has 8 heavy (non-hydrogen) atoms. The molecule has 2 atom stereocenters. The zero-order valence-electron chi connectivity index (χ0n) is 5.16. The Morgan fingerprint density at radius 1 is 1.50 bits per heavy atom. The maximum Gasteiger partial charge on any atom is 0.180 e. The summed E-state index contributed by atoms with van der Waals surface area (Å²) in [6, 6.07) is 0. The van der Waals surface area contributed by atoms with Crippen molar-refractivity contribution in [1.29, 1.82) is 0 Å². The van der Waals surface area contributed by atoms with Gasteiger partial charge in [-0.1, -0.05) is 6.92 Å². The fraction of sp³-hybridized carbons (Fsp3) is 1.00. The Bertz CT molecular complexity index is 47.6. The Balaban J connectivity index is 3.29. The van der Waals surface area contributed by atoms with Crippen LogP contribution in [0.3, 0.4) is 0 Å². The van der Waals surface area contributed by atoms with Crippen LogP contribution in [0.25, 0.3) is 0 Å². The molecule has 0 aliphatic rings. The Morgan fingerprint density at radius 2 is 2.00 bits per heavy atom. The highest BCUT2D eigenvalue weighted by molar-refractivity contribution is 4.52. The maximum absolute atomic E-state index is 8.75. The zero-order chi connectivity index (χ0) is 6.57. The van der Waals surface area contributed by atoms with Gasteiger partial charge in [0.2, 0.25) is 0 Å². The third kappa shape index (κ3) is 2.26. The Hall–Kier alpha value is -0.120. The lowest BCUT2D eigenvalue weighted by atomic mass is 10.3. The number of rotatable bonds is 3. The Kier molecular flexibility index (Phi) is 3.77. The van der Waals surface area contributed by atoms with Gasteiger partial charge in [0.05, 0.1) is 0 Å². The van der Waals surface area contributed by atoms with Crippen LogP contribution in [0, 0.1) is 0 Å². The molecular weight excluding hydrogens is 108 g/mol. The molecule has 0 aromatic rings. The number of ether oxygens (including phenoxy) is 1. The molecule has 50 valence electrons. The van der Waals surface area contributed by atoms with Crippen LogP contribution in [0.2, 0.25) is 0 Å². The standard InChI is InChI=1S/C5H12O3/c1-3-4(6)5(7)8-2/h4-7H,3H2,1-2H3. The number of methoxy groups -OCH3 is 1. The number of hydrogen-bond acceptors (Lipinski definition) is 3. The van der Waals surface area contributed by atoms with E-state index in [1.54, 1.807) is 6.92 Å². The van der Waals surface area contributed by atoms with E-state index in [0.29, 0.717) is 6.42 Å². The molecule has 0 radical (unpaired) electrons. The van der Waals surface area contributed by atoms with E-state index in [1.807, 2.05) is 0 Å². The molecule has 3 heteroatoms. The summed E-state index contributed by atoms with van der Waals surface area (Å²) >= 11 is 0. The van der Waals surface area contributed by atoms with E-state index in [-0.39, 0.29) is 0 Å². The normalized spacial score (nSPS) is 18.0. The fourth-order valence-corrected chi connectivity index (χ4v) is 0.359. The molecular formula is C5H12O3. The minimum Gasteiger partial charge on any atom is -0.388 e. The average molecular weight is 120 g/mol. The van der Waals surface area contributed by atoms with E-state index < -0.39 is 12.4 Å². The predicted molar refractivity (Wildman–Crippen MR) is 29.3 cm³/mol. The second-order valence-electron chi connectivity index (χ2n) is 1.60. The van der Waals surface area contributed by atoms with Gasteiger partial charge in [0.1, 0.15) is 6.10 Å². The fourth-order valence-electron chi connectivity index (χ4n) is 0.359. The van der Waals surface area contributed by atoms with Gasteiger partial charge in [-0.25, -0.2) is 0 Å². The summed E-state index contributed by atoms with van der Waals surface area (Å²) in [7, 11) is 1.35. The SMILES string of the molecule is CCC(O)C(O)OC. The van der Waals surface area contributed by atoms with E-state index in [9.17, 15) is 0 Å². The molecule has 0 fully saturated rings. The first-order valence-electron chi connectivity index (χ1n) is 2.61. The molecule has 0 aliphatic carbocycles. The lowest BCUT2D eigenvalue weighted by Crippen LogP contribution is -2.26. The smallest absolute Gasteiger partial charge is 0.180 e.